The summed E-state index contributed by atoms with van der Waals surface area (Å²) in [6.07, 6.45) is 1.92. The van der Waals surface area contributed by atoms with E-state index in [1.807, 2.05) is 37.4 Å². The number of ether oxygens (including phenoxy) is 1. The highest BCUT2D eigenvalue weighted by Gasteiger charge is 2.19. The van der Waals surface area contributed by atoms with Crippen molar-refractivity contribution in [3.05, 3.63) is 47.1 Å². The number of likely N-dealkylation sites (N-methyl/N-ethyl adjacent to an activating group) is 1. The van der Waals surface area contributed by atoms with Crippen LogP contribution in [0, 0.1) is 6.92 Å². The predicted molar refractivity (Wildman–Crippen MR) is 134 cm³/mol. The summed E-state index contributed by atoms with van der Waals surface area (Å²) in [4.78, 5) is 23.1. The largest absolute Gasteiger partial charge is 0.424 e. The number of thiazole rings is 1. The number of aromatic nitrogens is 4. The number of nitrogens with zero attached hydrogens (tertiary/aromatic N) is 5. The molecule has 0 unspecified atom stereocenters. The third-order valence-electron chi connectivity index (χ3n) is 5.78. The number of benzene rings is 1. The van der Waals surface area contributed by atoms with E-state index in [0.717, 1.165) is 53.7 Å². The van der Waals surface area contributed by atoms with Crippen LogP contribution < -0.4 is 15.0 Å². The molecule has 4 aromatic rings. The van der Waals surface area contributed by atoms with Gasteiger partial charge < -0.3 is 24.8 Å². The first-order valence-corrected chi connectivity index (χ1v) is 12.1. The highest BCUT2D eigenvalue weighted by molar-refractivity contribution is 7.15. The van der Waals surface area contributed by atoms with Gasteiger partial charge in [-0.1, -0.05) is 13.8 Å². The quantitative estimate of drug-likeness (QED) is 0.410. The van der Waals surface area contributed by atoms with Crippen LogP contribution in [-0.2, 0) is 0 Å². The molecule has 0 radical (unpaired) electrons. The molecule has 2 N–H and O–H groups in total. The van der Waals surface area contributed by atoms with Crippen LogP contribution in [-0.4, -0.2) is 58.1 Å². The fourth-order valence-corrected chi connectivity index (χ4v) is 4.69. The molecule has 1 aliphatic heterocycles. The van der Waals surface area contributed by atoms with Crippen LogP contribution in [0.3, 0.4) is 0 Å². The highest BCUT2D eigenvalue weighted by Crippen LogP contribution is 2.31. The Bertz CT molecular complexity index is 1260. The Morgan fingerprint density at radius 2 is 1.91 bits per heavy atom. The van der Waals surface area contributed by atoms with Gasteiger partial charge in [-0.2, -0.15) is 9.97 Å². The molecule has 33 heavy (non-hydrogen) atoms. The van der Waals surface area contributed by atoms with Crippen molar-refractivity contribution in [2.45, 2.75) is 26.7 Å². The molecule has 1 aliphatic rings. The number of anilines is 3. The molecule has 9 heteroatoms. The molecule has 4 heterocycles. The lowest BCUT2D eigenvalue weighted by atomic mass is 10.2. The van der Waals surface area contributed by atoms with E-state index in [0.29, 0.717) is 23.5 Å². The average Bonchev–Trinajstić information content (AvgIpc) is 3.39. The maximum atomic E-state index is 6.14. The maximum absolute atomic E-state index is 6.14. The number of fused-ring (bicyclic) bond motifs is 1. The fourth-order valence-electron chi connectivity index (χ4n) is 3.87. The number of rotatable bonds is 6. The molecule has 0 spiro atoms. The van der Waals surface area contributed by atoms with E-state index in [9.17, 15) is 0 Å². The molecule has 0 amide bonds. The summed E-state index contributed by atoms with van der Waals surface area (Å²) in [5, 5.41) is 5.28. The van der Waals surface area contributed by atoms with Gasteiger partial charge in [-0.05, 0) is 44.2 Å². The number of H-pyrrole nitrogens is 1. The van der Waals surface area contributed by atoms with Crippen molar-refractivity contribution in [3.8, 4) is 11.8 Å². The molecule has 1 saturated heterocycles. The van der Waals surface area contributed by atoms with Gasteiger partial charge in [-0.15, -0.1) is 11.3 Å². The summed E-state index contributed by atoms with van der Waals surface area (Å²) >= 11 is 1.64. The highest BCUT2D eigenvalue weighted by atomic mass is 32.1. The van der Waals surface area contributed by atoms with Gasteiger partial charge in [0.05, 0.1) is 0 Å². The summed E-state index contributed by atoms with van der Waals surface area (Å²) in [5.41, 5.74) is 2.20. The molecular weight excluding hydrogens is 434 g/mol. The van der Waals surface area contributed by atoms with Gasteiger partial charge in [0.15, 0.2) is 5.13 Å². The maximum Gasteiger partial charge on any atom is 0.325 e. The zero-order chi connectivity index (χ0) is 22.9. The molecular formula is C24H29N7OS. The second kappa shape index (κ2) is 8.99. The van der Waals surface area contributed by atoms with Crippen molar-refractivity contribution in [2.75, 3.05) is 43.4 Å². The van der Waals surface area contributed by atoms with Crippen molar-refractivity contribution in [1.82, 2.24) is 24.8 Å². The van der Waals surface area contributed by atoms with E-state index in [1.54, 1.807) is 11.3 Å². The lowest BCUT2D eigenvalue weighted by Crippen LogP contribution is -2.44. The topological polar surface area (TPSA) is 82.2 Å². The van der Waals surface area contributed by atoms with Crippen LogP contribution in [0.15, 0.2) is 36.5 Å². The number of hydrogen-bond donors (Lipinski definition) is 2. The lowest BCUT2D eigenvalue weighted by Gasteiger charge is -2.33. The van der Waals surface area contributed by atoms with E-state index in [1.165, 1.54) is 4.88 Å². The van der Waals surface area contributed by atoms with Crippen LogP contribution in [0.4, 0.5) is 16.8 Å². The van der Waals surface area contributed by atoms with Gasteiger partial charge in [0, 0.05) is 59.9 Å². The van der Waals surface area contributed by atoms with Crippen LogP contribution in [0.2, 0.25) is 0 Å². The third kappa shape index (κ3) is 4.94. The number of piperazine rings is 1. The number of hydrogen-bond acceptors (Lipinski definition) is 8. The van der Waals surface area contributed by atoms with Crippen LogP contribution in [0.25, 0.3) is 10.9 Å². The summed E-state index contributed by atoms with van der Waals surface area (Å²) in [7, 11) is 2.15. The molecule has 3 aromatic heterocycles. The molecule has 8 nitrogen and oxygen atoms in total. The molecule has 172 valence electrons. The summed E-state index contributed by atoms with van der Waals surface area (Å²) in [6, 6.07) is 10.4. The van der Waals surface area contributed by atoms with E-state index < -0.39 is 0 Å². The summed E-state index contributed by atoms with van der Waals surface area (Å²) in [5.74, 6) is 2.68. The van der Waals surface area contributed by atoms with Crippen molar-refractivity contribution in [1.29, 1.82) is 0 Å². The minimum absolute atomic E-state index is 0.321. The van der Waals surface area contributed by atoms with Gasteiger partial charge in [0.25, 0.3) is 0 Å². The first kappa shape index (κ1) is 21.7. The fraction of sp³-hybridized carbons (Fsp3) is 0.375. The average molecular weight is 464 g/mol. The second-order valence-corrected chi connectivity index (χ2v) is 9.90. The van der Waals surface area contributed by atoms with Crippen molar-refractivity contribution >= 4 is 39.0 Å². The molecule has 0 aliphatic carbocycles. The summed E-state index contributed by atoms with van der Waals surface area (Å²) in [6.45, 7) is 10.2. The Kier molecular flexibility index (Phi) is 5.90. The van der Waals surface area contributed by atoms with Gasteiger partial charge in [-0.25, -0.2) is 4.98 Å². The normalized spacial score (nSPS) is 14.9. The van der Waals surface area contributed by atoms with Crippen molar-refractivity contribution < 1.29 is 4.74 Å². The Morgan fingerprint density at radius 3 is 2.67 bits per heavy atom. The second-order valence-electron chi connectivity index (χ2n) is 8.84. The Balaban J connectivity index is 1.45. The summed E-state index contributed by atoms with van der Waals surface area (Å²) < 4.78 is 6.14. The molecule has 1 fully saturated rings. The molecule has 0 saturated carbocycles. The zero-order valence-corrected chi connectivity index (χ0v) is 20.2. The third-order valence-corrected chi connectivity index (χ3v) is 7.00. The van der Waals surface area contributed by atoms with E-state index in [4.69, 9.17) is 9.72 Å². The number of aryl methyl sites for hydroxylation is 1. The van der Waals surface area contributed by atoms with Gasteiger partial charge in [-0.3, -0.25) is 0 Å². The van der Waals surface area contributed by atoms with E-state index in [-0.39, 0.29) is 0 Å². The first-order chi connectivity index (χ1) is 15.9. The van der Waals surface area contributed by atoms with Gasteiger partial charge in [0.2, 0.25) is 0 Å². The van der Waals surface area contributed by atoms with Crippen LogP contribution in [0.5, 0.6) is 11.8 Å². The first-order valence-electron chi connectivity index (χ1n) is 11.3. The van der Waals surface area contributed by atoms with Gasteiger partial charge in [0.1, 0.15) is 17.4 Å². The Morgan fingerprint density at radius 1 is 1.09 bits per heavy atom. The van der Waals surface area contributed by atoms with Crippen LogP contribution in [0.1, 0.15) is 30.3 Å². The smallest absolute Gasteiger partial charge is 0.325 e. The predicted octanol–water partition coefficient (Wildman–Crippen LogP) is 5.13. The van der Waals surface area contributed by atoms with Crippen LogP contribution >= 0.6 is 11.3 Å². The van der Waals surface area contributed by atoms with Crippen molar-refractivity contribution in [2.24, 2.45) is 0 Å². The lowest BCUT2D eigenvalue weighted by molar-refractivity contribution is 0.311. The zero-order valence-electron chi connectivity index (χ0n) is 19.4. The number of aromatic amines is 1. The molecule has 0 bridgehead atoms. The van der Waals surface area contributed by atoms with E-state index >= 15 is 0 Å². The SMILES string of the molecule is Cc1cc2cc(Oc3nc(Nc4ncc(C(C)C)s4)cc(N4CCN(C)CC4)n3)ccc2[nH]1. The van der Waals surface area contributed by atoms with Gasteiger partial charge >= 0.3 is 6.01 Å². The molecule has 5 rings (SSSR count). The monoisotopic (exact) mass is 463 g/mol. The molecule has 0 atom stereocenters. The minimum atomic E-state index is 0.321. The van der Waals surface area contributed by atoms with Crippen molar-refractivity contribution in [3.63, 3.8) is 0 Å². The number of nitrogens with one attached hydrogen (secondary N) is 2. The minimum Gasteiger partial charge on any atom is -0.424 e. The molecule has 1 aromatic carbocycles. The Hall–Kier alpha value is -3.17. The van der Waals surface area contributed by atoms with E-state index in [2.05, 4.69) is 57.0 Å². The Labute approximate surface area is 197 Å². The standard InChI is InChI=1S/C24H29N7OS/c1-15(2)20-14-25-24(33-20)28-21-13-22(31-9-7-30(4)8-10-31)29-23(27-21)32-18-5-6-19-17(12-18)11-16(3)26-19/h5-6,11-15,26H,7-10H2,1-4H3,(H,25,27,28,29).